The van der Waals surface area contributed by atoms with Crippen molar-refractivity contribution in [3.05, 3.63) is 35.3 Å². The number of nitrogens with zero attached hydrogens (tertiary/aromatic N) is 1. The van der Waals surface area contributed by atoms with Crippen molar-refractivity contribution in [1.82, 2.24) is 4.98 Å². The van der Waals surface area contributed by atoms with E-state index in [1.54, 1.807) is 5.38 Å². The van der Waals surface area contributed by atoms with Crippen molar-refractivity contribution < 1.29 is 9.53 Å². The van der Waals surface area contributed by atoms with Crippen molar-refractivity contribution in [2.45, 2.75) is 6.92 Å². The first-order valence-electron chi connectivity index (χ1n) is 5.44. The topological polar surface area (TPSA) is 77.2 Å². The number of benzene rings is 1. The van der Waals surface area contributed by atoms with Crippen LogP contribution in [0.4, 0.5) is 10.8 Å². The maximum absolute atomic E-state index is 10.9. The lowest BCUT2D eigenvalue weighted by Gasteiger charge is -2.05. The molecule has 0 fully saturated rings. The van der Waals surface area contributed by atoms with Gasteiger partial charge in [-0.25, -0.2) is 4.98 Å². The van der Waals surface area contributed by atoms with Crippen molar-refractivity contribution in [3.8, 4) is 5.75 Å². The molecule has 0 spiro atoms. The first-order valence-corrected chi connectivity index (χ1v) is 6.32. The summed E-state index contributed by atoms with van der Waals surface area (Å²) in [4.78, 5) is 15.0. The number of hydrogen-bond donors (Lipinski definition) is 2. The molecule has 0 aliphatic rings. The molecule has 5 nitrogen and oxygen atoms in total. The fourth-order valence-electron chi connectivity index (χ4n) is 1.37. The fraction of sp³-hybridized carbons (Fsp3) is 0.167. The van der Waals surface area contributed by atoms with Crippen LogP contribution >= 0.6 is 11.3 Å². The maximum atomic E-state index is 10.9. The minimum atomic E-state index is -0.522. The number of carbonyl (C=O) groups excluding carboxylic acids is 1. The third kappa shape index (κ3) is 2.98. The lowest BCUT2D eigenvalue weighted by Crippen LogP contribution is -2.11. The highest BCUT2D eigenvalue weighted by Crippen LogP contribution is 2.22. The van der Waals surface area contributed by atoms with E-state index in [2.05, 4.69) is 10.3 Å². The quantitative estimate of drug-likeness (QED) is 0.868. The van der Waals surface area contributed by atoms with E-state index in [4.69, 9.17) is 10.5 Å². The third-order valence-electron chi connectivity index (χ3n) is 2.17. The number of thiazole rings is 1. The number of ether oxygens (including phenoxy) is 1. The Kier molecular flexibility index (Phi) is 3.78. The zero-order valence-corrected chi connectivity index (χ0v) is 10.7. The van der Waals surface area contributed by atoms with Gasteiger partial charge in [-0.2, -0.15) is 0 Å². The Morgan fingerprint density at radius 1 is 1.44 bits per heavy atom. The molecule has 1 heterocycles. The van der Waals surface area contributed by atoms with Gasteiger partial charge in [0.1, 0.15) is 11.4 Å². The zero-order valence-electron chi connectivity index (χ0n) is 9.84. The highest BCUT2D eigenvalue weighted by molar-refractivity contribution is 7.14. The summed E-state index contributed by atoms with van der Waals surface area (Å²) in [6, 6.07) is 7.51. The Bertz CT molecular complexity index is 537. The van der Waals surface area contributed by atoms with Crippen LogP contribution in [0.15, 0.2) is 29.6 Å². The van der Waals surface area contributed by atoms with Gasteiger partial charge in [-0.3, -0.25) is 4.79 Å². The predicted molar refractivity (Wildman–Crippen MR) is 71.5 cm³/mol. The van der Waals surface area contributed by atoms with Crippen LogP contribution in [0.1, 0.15) is 17.4 Å². The molecule has 0 atom stereocenters. The lowest BCUT2D eigenvalue weighted by molar-refractivity contribution is 0.0996. The molecule has 0 saturated heterocycles. The Morgan fingerprint density at radius 3 is 2.72 bits per heavy atom. The van der Waals surface area contributed by atoms with Crippen molar-refractivity contribution in [1.29, 1.82) is 0 Å². The van der Waals surface area contributed by atoms with Gasteiger partial charge in [0, 0.05) is 11.1 Å². The molecule has 1 aromatic carbocycles. The summed E-state index contributed by atoms with van der Waals surface area (Å²) in [5, 5.41) is 5.35. The molecule has 18 heavy (non-hydrogen) atoms. The molecule has 0 saturated carbocycles. The number of carbonyl (C=O) groups is 1. The molecule has 3 N–H and O–H groups in total. The van der Waals surface area contributed by atoms with Gasteiger partial charge in [-0.15, -0.1) is 11.3 Å². The highest BCUT2D eigenvalue weighted by Gasteiger charge is 2.06. The Balaban J connectivity index is 2.06. The molecule has 1 aromatic heterocycles. The molecule has 6 heteroatoms. The van der Waals surface area contributed by atoms with Crippen LogP contribution in [0.25, 0.3) is 0 Å². The van der Waals surface area contributed by atoms with Crippen LogP contribution in [0.3, 0.4) is 0 Å². The molecule has 1 amide bonds. The van der Waals surface area contributed by atoms with E-state index >= 15 is 0 Å². The summed E-state index contributed by atoms with van der Waals surface area (Å²) in [5.74, 6) is 0.297. The van der Waals surface area contributed by atoms with Gasteiger partial charge in [0.2, 0.25) is 0 Å². The SMILES string of the molecule is CCOc1ccc(Nc2nc(C(N)=O)cs2)cc1. The average Bonchev–Trinajstić information content (AvgIpc) is 2.81. The zero-order chi connectivity index (χ0) is 13.0. The van der Waals surface area contributed by atoms with Crippen LogP contribution < -0.4 is 15.8 Å². The summed E-state index contributed by atoms with van der Waals surface area (Å²) in [6.45, 7) is 2.58. The minimum Gasteiger partial charge on any atom is -0.494 e. The molecule has 0 radical (unpaired) electrons. The Hall–Kier alpha value is -2.08. The van der Waals surface area contributed by atoms with E-state index < -0.39 is 5.91 Å². The van der Waals surface area contributed by atoms with E-state index in [1.807, 2.05) is 31.2 Å². The molecule has 0 aliphatic heterocycles. The third-order valence-corrected chi connectivity index (χ3v) is 2.93. The van der Waals surface area contributed by atoms with Crippen LogP contribution in [0.5, 0.6) is 5.75 Å². The van der Waals surface area contributed by atoms with E-state index in [1.165, 1.54) is 11.3 Å². The molecule has 0 unspecified atom stereocenters. The molecular formula is C12H13N3O2S. The van der Waals surface area contributed by atoms with E-state index in [9.17, 15) is 4.79 Å². The Labute approximate surface area is 109 Å². The number of nitrogens with one attached hydrogen (secondary N) is 1. The first kappa shape index (κ1) is 12.4. The number of primary amides is 1. The van der Waals surface area contributed by atoms with Crippen molar-refractivity contribution in [2.75, 3.05) is 11.9 Å². The molecule has 0 bridgehead atoms. The normalized spacial score (nSPS) is 10.1. The van der Waals surface area contributed by atoms with Gasteiger partial charge in [-0.05, 0) is 31.2 Å². The number of amides is 1. The lowest BCUT2D eigenvalue weighted by atomic mass is 10.3. The molecule has 0 aliphatic carbocycles. The van der Waals surface area contributed by atoms with Gasteiger partial charge >= 0.3 is 0 Å². The van der Waals surface area contributed by atoms with E-state index in [-0.39, 0.29) is 5.69 Å². The second-order valence-corrected chi connectivity index (χ2v) is 4.34. The second-order valence-electron chi connectivity index (χ2n) is 3.48. The summed E-state index contributed by atoms with van der Waals surface area (Å²) in [6.07, 6.45) is 0. The minimum absolute atomic E-state index is 0.272. The van der Waals surface area contributed by atoms with Crippen molar-refractivity contribution in [2.24, 2.45) is 5.73 Å². The van der Waals surface area contributed by atoms with Crippen molar-refractivity contribution in [3.63, 3.8) is 0 Å². The number of hydrogen-bond acceptors (Lipinski definition) is 5. The van der Waals surface area contributed by atoms with E-state index in [0.717, 1.165) is 11.4 Å². The van der Waals surface area contributed by atoms with Gasteiger partial charge in [0.25, 0.3) is 5.91 Å². The van der Waals surface area contributed by atoms with Gasteiger partial charge in [0.05, 0.1) is 6.61 Å². The summed E-state index contributed by atoms with van der Waals surface area (Å²) >= 11 is 1.33. The molecule has 94 valence electrons. The molecule has 2 aromatic rings. The predicted octanol–water partition coefficient (Wildman–Crippen LogP) is 2.38. The van der Waals surface area contributed by atoms with Crippen molar-refractivity contribution >= 4 is 28.1 Å². The Morgan fingerprint density at radius 2 is 2.17 bits per heavy atom. The smallest absolute Gasteiger partial charge is 0.268 e. The van der Waals surface area contributed by atoms with Gasteiger partial charge in [-0.1, -0.05) is 0 Å². The number of rotatable bonds is 5. The largest absolute Gasteiger partial charge is 0.494 e. The van der Waals surface area contributed by atoms with Gasteiger partial charge in [0.15, 0.2) is 5.13 Å². The second kappa shape index (κ2) is 5.50. The number of anilines is 2. The average molecular weight is 263 g/mol. The summed E-state index contributed by atoms with van der Waals surface area (Å²) < 4.78 is 5.34. The number of aromatic nitrogens is 1. The summed E-state index contributed by atoms with van der Waals surface area (Å²) in [7, 11) is 0. The summed E-state index contributed by atoms with van der Waals surface area (Å²) in [5.41, 5.74) is 6.28. The maximum Gasteiger partial charge on any atom is 0.268 e. The molecular weight excluding hydrogens is 250 g/mol. The highest BCUT2D eigenvalue weighted by atomic mass is 32.1. The van der Waals surface area contributed by atoms with Crippen LogP contribution in [-0.2, 0) is 0 Å². The van der Waals surface area contributed by atoms with Gasteiger partial charge < -0.3 is 15.8 Å². The first-order chi connectivity index (χ1) is 8.69. The van der Waals surface area contributed by atoms with Crippen LogP contribution in [-0.4, -0.2) is 17.5 Å². The monoisotopic (exact) mass is 263 g/mol. The fourth-order valence-corrected chi connectivity index (χ4v) is 2.09. The standard InChI is InChI=1S/C12H13N3O2S/c1-2-17-9-5-3-8(4-6-9)14-12-15-10(7-18-12)11(13)16/h3-7H,2H2,1H3,(H2,13,16)(H,14,15). The number of nitrogens with two attached hydrogens (primary N) is 1. The van der Waals surface area contributed by atoms with Crippen LogP contribution in [0.2, 0.25) is 0 Å². The van der Waals surface area contributed by atoms with Crippen LogP contribution in [0, 0.1) is 0 Å². The van der Waals surface area contributed by atoms with E-state index in [0.29, 0.717) is 11.7 Å². The molecule has 2 rings (SSSR count).